The molecule has 7 heteroatoms. The largest absolute Gasteiger partial charge is 0.379 e. The number of carbonyl (C=O) groups is 1. The number of ketones is 1. The molecule has 0 bridgehead atoms. The average Bonchev–Trinajstić information content (AvgIpc) is 2.18. The summed E-state index contributed by atoms with van der Waals surface area (Å²) in [5.41, 5.74) is 0. The molecule has 1 N–H and O–H groups in total. The van der Waals surface area contributed by atoms with Gasteiger partial charge in [-0.3, -0.25) is 4.79 Å². The molecule has 1 atom stereocenters. The molecule has 1 aliphatic rings. The quantitative estimate of drug-likeness (QED) is 0.688. The van der Waals surface area contributed by atoms with Crippen LogP contribution in [-0.2, 0) is 19.7 Å². The number of nitrogens with zero attached hydrogens (tertiary/aromatic N) is 1. The van der Waals surface area contributed by atoms with Crippen LogP contribution in [0.5, 0.6) is 0 Å². The smallest absolute Gasteiger partial charge is 0.280 e. The van der Waals surface area contributed by atoms with Gasteiger partial charge < -0.3 is 4.74 Å². The summed E-state index contributed by atoms with van der Waals surface area (Å²) in [6.45, 7) is 4.34. The van der Waals surface area contributed by atoms with Crippen molar-refractivity contribution in [3.05, 3.63) is 0 Å². The molecule has 0 aromatic carbocycles. The molecule has 1 unspecified atom stereocenters. The second-order valence-corrected chi connectivity index (χ2v) is 5.17. The van der Waals surface area contributed by atoms with Crippen molar-refractivity contribution >= 4 is 16.0 Å². The summed E-state index contributed by atoms with van der Waals surface area (Å²) in [5.74, 6) is -0.202. The van der Waals surface area contributed by atoms with Crippen LogP contribution >= 0.6 is 0 Å². The molecule has 1 rings (SSSR count). The summed E-state index contributed by atoms with van der Waals surface area (Å²) < 4.78 is 32.1. The number of rotatable bonds is 4. The summed E-state index contributed by atoms with van der Waals surface area (Å²) in [6.07, 6.45) is 0. The molecule has 0 aromatic rings. The van der Waals surface area contributed by atoms with E-state index < -0.39 is 16.3 Å². The first-order valence-corrected chi connectivity index (χ1v) is 6.23. The Morgan fingerprint density at radius 1 is 1.40 bits per heavy atom. The van der Waals surface area contributed by atoms with Crippen LogP contribution in [0.1, 0.15) is 13.8 Å². The van der Waals surface area contributed by atoms with Crippen molar-refractivity contribution in [3.63, 3.8) is 0 Å². The highest BCUT2D eigenvalue weighted by Gasteiger charge is 2.26. The summed E-state index contributed by atoms with van der Waals surface area (Å²) >= 11 is 0. The van der Waals surface area contributed by atoms with Gasteiger partial charge in [0.15, 0.2) is 0 Å². The number of Topliss-reactive ketones (excluding diaryl/α,β-unsaturated/α-hetero) is 1. The molecule has 15 heavy (non-hydrogen) atoms. The first kappa shape index (κ1) is 12.6. The third kappa shape index (κ3) is 3.53. The van der Waals surface area contributed by atoms with Crippen LogP contribution < -0.4 is 4.72 Å². The van der Waals surface area contributed by atoms with Crippen LogP contribution in [0, 0.1) is 0 Å². The van der Waals surface area contributed by atoms with E-state index in [0.29, 0.717) is 26.3 Å². The third-order valence-corrected chi connectivity index (χ3v) is 3.94. The van der Waals surface area contributed by atoms with Crippen LogP contribution in [-0.4, -0.2) is 50.9 Å². The van der Waals surface area contributed by atoms with Crippen molar-refractivity contribution in [3.8, 4) is 0 Å². The van der Waals surface area contributed by atoms with Gasteiger partial charge in [0.05, 0.1) is 19.3 Å². The Balaban J connectivity index is 2.61. The highest BCUT2D eigenvalue weighted by molar-refractivity contribution is 7.87. The van der Waals surface area contributed by atoms with Crippen LogP contribution in [0.4, 0.5) is 0 Å². The van der Waals surface area contributed by atoms with Crippen LogP contribution in [0.25, 0.3) is 0 Å². The summed E-state index contributed by atoms with van der Waals surface area (Å²) in [7, 11) is -3.55. The van der Waals surface area contributed by atoms with Crippen molar-refractivity contribution in [2.75, 3.05) is 26.3 Å². The van der Waals surface area contributed by atoms with E-state index in [1.54, 1.807) is 0 Å². The van der Waals surface area contributed by atoms with E-state index in [0.717, 1.165) is 0 Å². The molecule has 0 aromatic heterocycles. The molecule has 1 fully saturated rings. The van der Waals surface area contributed by atoms with Crippen molar-refractivity contribution in [2.24, 2.45) is 0 Å². The maximum atomic E-state index is 11.7. The molecule has 0 radical (unpaired) electrons. The molecule has 88 valence electrons. The van der Waals surface area contributed by atoms with Crippen molar-refractivity contribution in [1.29, 1.82) is 0 Å². The van der Waals surface area contributed by atoms with Gasteiger partial charge in [-0.15, -0.1) is 0 Å². The van der Waals surface area contributed by atoms with Crippen LogP contribution in [0.2, 0.25) is 0 Å². The molecule has 0 saturated carbocycles. The maximum absolute atomic E-state index is 11.7. The van der Waals surface area contributed by atoms with Gasteiger partial charge in [-0.1, -0.05) is 0 Å². The molecular formula is C8H16N2O4S. The van der Waals surface area contributed by atoms with Gasteiger partial charge in [0, 0.05) is 13.1 Å². The Bertz CT molecular complexity index is 322. The lowest BCUT2D eigenvalue weighted by Gasteiger charge is -2.27. The van der Waals surface area contributed by atoms with E-state index in [-0.39, 0.29) is 5.78 Å². The van der Waals surface area contributed by atoms with Gasteiger partial charge in [-0.05, 0) is 13.8 Å². The summed E-state index contributed by atoms with van der Waals surface area (Å²) in [6, 6.07) is -0.683. The Kier molecular flexibility index (Phi) is 4.21. The summed E-state index contributed by atoms with van der Waals surface area (Å²) in [4.78, 5) is 10.9. The molecule has 1 aliphatic heterocycles. The van der Waals surface area contributed by atoms with Gasteiger partial charge in [-0.2, -0.15) is 17.4 Å². The van der Waals surface area contributed by atoms with Crippen LogP contribution in [0.3, 0.4) is 0 Å². The van der Waals surface area contributed by atoms with E-state index in [4.69, 9.17) is 4.74 Å². The molecule has 0 amide bonds. The lowest BCUT2D eigenvalue weighted by molar-refractivity contribution is -0.118. The minimum atomic E-state index is -3.55. The lowest BCUT2D eigenvalue weighted by atomic mass is 10.3. The van der Waals surface area contributed by atoms with Gasteiger partial charge in [-0.25, -0.2) is 0 Å². The zero-order valence-electron chi connectivity index (χ0n) is 8.89. The van der Waals surface area contributed by atoms with Crippen molar-refractivity contribution < 1.29 is 17.9 Å². The van der Waals surface area contributed by atoms with E-state index in [9.17, 15) is 13.2 Å². The Morgan fingerprint density at radius 3 is 2.40 bits per heavy atom. The Morgan fingerprint density at radius 2 is 1.93 bits per heavy atom. The monoisotopic (exact) mass is 236 g/mol. The van der Waals surface area contributed by atoms with E-state index in [1.165, 1.54) is 18.2 Å². The number of morpholine rings is 1. The predicted molar refractivity (Wildman–Crippen MR) is 54.6 cm³/mol. The number of hydrogen-bond acceptors (Lipinski definition) is 4. The highest BCUT2D eigenvalue weighted by Crippen LogP contribution is 2.03. The minimum Gasteiger partial charge on any atom is -0.379 e. The fourth-order valence-corrected chi connectivity index (χ4v) is 2.56. The lowest BCUT2D eigenvalue weighted by Crippen LogP contribution is -2.50. The first-order chi connectivity index (χ1) is 6.93. The molecule has 6 nitrogen and oxygen atoms in total. The number of hydrogen-bond donors (Lipinski definition) is 1. The predicted octanol–water partition coefficient (Wildman–Crippen LogP) is -0.869. The average molecular weight is 236 g/mol. The molecule has 1 saturated heterocycles. The SMILES string of the molecule is CC(=O)C(C)NS(=O)(=O)N1CCOCC1. The zero-order valence-corrected chi connectivity index (χ0v) is 9.71. The molecule has 0 aliphatic carbocycles. The van der Waals surface area contributed by atoms with Crippen LogP contribution in [0.15, 0.2) is 0 Å². The standard InChI is InChI=1S/C8H16N2O4S/c1-7(8(2)11)9-15(12,13)10-3-5-14-6-4-10/h7,9H,3-6H2,1-2H3. The van der Waals surface area contributed by atoms with Gasteiger partial charge in [0.1, 0.15) is 5.78 Å². The molecular weight excluding hydrogens is 220 g/mol. The van der Waals surface area contributed by atoms with Crippen molar-refractivity contribution in [2.45, 2.75) is 19.9 Å². The third-order valence-electron chi connectivity index (χ3n) is 2.25. The molecule has 1 heterocycles. The second-order valence-electron chi connectivity index (χ2n) is 3.47. The van der Waals surface area contributed by atoms with E-state index in [1.807, 2.05) is 0 Å². The summed E-state index contributed by atoms with van der Waals surface area (Å²) in [5, 5.41) is 0. The Hall–Kier alpha value is -0.500. The normalized spacial score (nSPS) is 21.2. The number of carbonyl (C=O) groups excluding carboxylic acids is 1. The minimum absolute atomic E-state index is 0.202. The fourth-order valence-electron chi connectivity index (χ4n) is 1.17. The highest BCUT2D eigenvalue weighted by atomic mass is 32.2. The van der Waals surface area contributed by atoms with Gasteiger partial charge in [0.2, 0.25) is 0 Å². The number of ether oxygens (including phenoxy) is 1. The fraction of sp³-hybridized carbons (Fsp3) is 0.875. The first-order valence-electron chi connectivity index (χ1n) is 4.79. The zero-order chi connectivity index (χ0) is 11.5. The molecule has 0 spiro atoms. The maximum Gasteiger partial charge on any atom is 0.280 e. The Labute approximate surface area is 89.8 Å². The topological polar surface area (TPSA) is 75.7 Å². The number of nitrogens with one attached hydrogen (secondary N) is 1. The van der Waals surface area contributed by atoms with Gasteiger partial charge >= 0.3 is 0 Å². The van der Waals surface area contributed by atoms with E-state index in [2.05, 4.69) is 4.72 Å². The second kappa shape index (κ2) is 5.02. The van der Waals surface area contributed by atoms with E-state index >= 15 is 0 Å². The van der Waals surface area contributed by atoms with Crippen molar-refractivity contribution in [1.82, 2.24) is 9.03 Å². The van der Waals surface area contributed by atoms with Gasteiger partial charge in [0.25, 0.3) is 10.2 Å².